The minimum Gasteiger partial charge on any atom is -0.359 e. The first-order chi connectivity index (χ1) is 14.6. The minimum atomic E-state index is -0.655. The van der Waals surface area contributed by atoms with Crippen LogP contribution >= 0.6 is 0 Å². The summed E-state index contributed by atoms with van der Waals surface area (Å²) in [4.78, 5) is 31.4. The van der Waals surface area contributed by atoms with E-state index in [-0.39, 0.29) is 18.4 Å². The van der Waals surface area contributed by atoms with Crippen LogP contribution in [0.2, 0.25) is 0 Å². The van der Waals surface area contributed by atoms with E-state index < -0.39 is 5.41 Å². The largest absolute Gasteiger partial charge is 0.359 e. The van der Waals surface area contributed by atoms with E-state index in [0.29, 0.717) is 25.9 Å². The number of hydrogen-bond donors (Lipinski definition) is 1. The van der Waals surface area contributed by atoms with Gasteiger partial charge in [0.25, 0.3) is 0 Å². The molecule has 0 unspecified atom stereocenters. The molecule has 7 heteroatoms. The van der Waals surface area contributed by atoms with Crippen LogP contribution in [0.5, 0.6) is 0 Å². The van der Waals surface area contributed by atoms with Gasteiger partial charge in [0.1, 0.15) is 19.2 Å². The molecule has 7 nitrogen and oxygen atoms in total. The van der Waals surface area contributed by atoms with E-state index in [0.717, 1.165) is 16.7 Å². The number of amides is 2. The van der Waals surface area contributed by atoms with Crippen molar-refractivity contribution in [3.05, 3.63) is 72.8 Å². The van der Waals surface area contributed by atoms with E-state index in [1.54, 1.807) is 11.9 Å². The number of aromatic nitrogens is 3. The Morgan fingerprint density at radius 1 is 1.10 bits per heavy atom. The van der Waals surface area contributed by atoms with Gasteiger partial charge in [-0.3, -0.25) is 9.59 Å². The molecule has 2 heterocycles. The molecular weight excluding hydrogens is 378 g/mol. The van der Waals surface area contributed by atoms with Crippen molar-refractivity contribution in [1.82, 2.24) is 25.0 Å². The maximum Gasteiger partial charge on any atom is 0.244 e. The van der Waals surface area contributed by atoms with E-state index in [2.05, 4.69) is 39.7 Å². The van der Waals surface area contributed by atoms with Crippen molar-refractivity contribution < 1.29 is 9.59 Å². The van der Waals surface area contributed by atoms with E-state index in [1.807, 2.05) is 30.3 Å². The summed E-state index contributed by atoms with van der Waals surface area (Å²) in [6.07, 6.45) is 4.13. The Labute approximate surface area is 175 Å². The van der Waals surface area contributed by atoms with Gasteiger partial charge in [-0.15, -0.1) is 0 Å². The van der Waals surface area contributed by atoms with Crippen LogP contribution in [0, 0.1) is 5.41 Å². The molecule has 0 saturated carbocycles. The predicted molar refractivity (Wildman–Crippen MR) is 113 cm³/mol. The fourth-order valence-electron chi connectivity index (χ4n) is 4.25. The molecule has 1 saturated heterocycles. The Morgan fingerprint density at radius 3 is 2.60 bits per heavy atom. The molecule has 1 atom stereocenters. The molecule has 0 radical (unpaired) electrons. The van der Waals surface area contributed by atoms with Crippen LogP contribution in [0.4, 0.5) is 0 Å². The highest BCUT2D eigenvalue weighted by Crippen LogP contribution is 2.37. The molecule has 30 heavy (non-hydrogen) atoms. The number of benzene rings is 2. The summed E-state index contributed by atoms with van der Waals surface area (Å²) in [5.41, 5.74) is 2.70. The third-order valence-corrected chi connectivity index (χ3v) is 5.81. The van der Waals surface area contributed by atoms with Crippen LogP contribution in [0.15, 0.2) is 67.3 Å². The van der Waals surface area contributed by atoms with Crippen molar-refractivity contribution in [1.29, 1.82) is 0 Å². The van der Waals surface area contributed by atoms with Gasteiger partial charge >= 0.3 is 0 Å². The number of rotatable bonds is 6. The number of hydrogen-bond acceptors (Lipinski definition) is 4. The van der Waals surface area contributed by atoms with Crippen LogP contribution in [0.1, 0.15) is 12.0 Å². The molecule has 2 amide bonds. The molecule has 1 aliphatic heterocycles. The summed E-state index contributed by atoms with van der Waals surface area (Å²) < 4.78 is 1.51. The van der Waals surface area contributed by atoms with Crippen molar-refractivity contribution in [3.8, 4) is 11.1 Å². The Balaban J connectivity index is 1.59. The monoisotopic (exact) mass is 403 g/mol. The standard InChI is InChI=1S/C23H25N5O2/c1-24-22(30)23(11-12-27(15-23)21(29)14-28-17-25-16-26-28)13-19-9-5-6-10-20(19)18-7-3-2-4-8-18/h2-10,16-17H,11-15H2,1H3,(H,24,30)/t23-/m1/s1. The molecule has 2 aromatic carbocycles. The van der Waals surface area contributed by atoms with Crippen LogP contribution in [-0.4, -0.2) is 51.6 Å². The van der Waals surface area contributed by atoms with Crippen LogP contribution in [0.25, 0.3) is 11.1 Å². The van der Waals surface area contributed by atoms with Crippen molar-refractivity contribution in [2.24, 2.45) is 5.41 Å². The van der Waals surface area contributed by atoms with Gasteiger partial charge in [0.2, 0.25) is 11.8 Å². The van der Waals surface area contributed by atoms with E-state index in [9.17, 15) is 9.59 Å². The zero-order chi connectivity index (χ0) is 21.0. The lowest BCUT2D eigenvalue weighted by Crippen LogP contribution is -2.44. The van der Waals surface area contributed by atoms with Crippen molar-refractivity contribution in [3.63, 3.8) is 0 Å². The highest BCUT2D eigenvalue weighted by molar-refractivity contribution is 5.86. The van der Waals surface area contributed by atoms with Crippen LogP contribution < -0.4 is 5.32 Å². The van der Waals surface area contributed by atoms with Gasteiger partial charge < -0.3 is 10.2 Å². The minimum absolute atomic E-state index is 0.0265. The first-order valence-corrected chi connectivity index (χ1v) is 10.1. The average molecular weight is 403 g/mol. The molecule has 1 aromatic heterocycles. The second-order valence-electron chi connectivity index (χ2n) is 7.72. The average Bonchev–Trinajstić information content (AvgIpc) is 3.45. The maximum atomic E-state index is 13.0. The predicted octanol–water partition coefficient (Wildman–Crippen LogP) is 2.15. The SMILES string of the molecule is CNC(=O)[C@@]1(Cc2ccccc2-c2ccccc2)CCN(C(=O)Cn2cncn2)C1. The zero-order valence-electron chi connectivity index (χ0n) is 17.0. The van der Waals surface area contributed by atoms with E-state index in [1.165, 1.54) is 17.3 Å². The highest BCUT2D eigenvalue weighted by Gasteiger charge is 2.45. The van der Waals surface area contributed by atoms with Gasteiger partial charge in [-0.05, 0) is 29.5 Å². The smallest absolute Gasteiger partial charge is 0.244 e. The molecule has 3 aromatic rings. The summed E-state index contributed by atoms with van der Waals surface area (Å²) in [6.45, 7) is 1.07. The van der Waals surface area contributed by atoms with E-state index >= 15 is 0 Å². The summed E-state index contributed by atoms with van der Waals surface area (Å²) in [5, 5.41) is 6.83. The fraction of sp³-hybridized carbons (Fsp3) is 0.304. The second kappa shape index (κ2) is 8.49. The topological polar surface area (TPSA) is 80.1 Å². The molecular formula is C23H25N5O2. The first-order valence-electron chi connectivity index (χ1n) is 10.1. The highest BCUT2D eigenvalue weighted by atomic mass is 16.2. The van der Waals surface area contributed by atoms with Gasteiger partial charge in [-0.1, -0.05) is 54.6 Å². The number of likely N-dealkylation sites (tertiary alicyclic amines) is 1. The summed E-state index contributed by atoms with van der Waals surface area (Å²) in [5.74, 6) is -0.0796. The Kier molecular flexibility index (Phi) is 5.61. The van der Waals surface area contributed by atoms with Crippen LogP contribution in [-0.2, 0) is 22.6 Å². The molecule has 4 rings (SSSR count). The molecule has 1 aliphatic rings. The third kappa shape index (κ3) is 3.96. The number of nitrogens with one attached hydrogen (secondary N) is 1. The number of carbonyl (C=O) groups excluding carboxylic acids is 2. The summed E-state index contributed by atoms with van der Waals surface area (Å²) in [7, 11) is 1.66. The number of nitrogens with zero attached hydrogens (tertiary/aromatic N) is 4. The molecule has 1 fully saturated rings. The molecule has 0 aliphatic carbocycles. The van der Waals surface area contributed by atoms with Gasteiger partial charge in [0.15, 0.2) is 0 Å². The third-order valence-electron chi connectivity index (χ3n) is 5.81. The zero-order valence-corrected chi connectivity index (χ0v) is 17.0. The first kappa shape index (κ1) is 19.8. The Morgan fingerprint density at radius 2 is 1.87 bits per heavy atom. The quantitative estimate of drug-likeness (QED) is 0.684. The lowest BCUT2D eigenvalue weighted by Gasteiger charge is -2.28. The molecule has 0 spiro atoms. The summed E-state index contributed by atoms with van der Waals surface area (Å²) >= 11 is 0. The maximum absolute atomic E-state index is 13.0. The number of carbonyl (C=O) groups is 2. The molecule has 1 N–H and O–H groups in total. The van der Waals surface area contributed by atoms with Crippen molar-refractivity contribution in [2.75, 3.05) is 20.1 Å². The molecule has 154 valence electrons. The lowest BCUT2D eigenvalue weighted by molar-refractivity contribution is -0.133. The Hall–Kier alpha value is -3.48. The van der Waals surface area contributed by atoms with Gasteiger partial charge in [0.05, 0.1) is 5.41 Å². The van der Waals surface area contributed by atoms with Crippen molar-refractivity contribution >= 4 is 11.8 Å². The van der Waals surface area contributed by atoms with Crippen LogP contribution in [0.3, 0.4) is 0 Å². The normalized spacial score (nSPS) is 18.4. The molecule has 0 bridgehead atoms. The van der Waals surface area contributed by atoms with E-state index in [4.69, 9.17) is 0 Å². The van der Waals surface area contributed by atoms with Gasteiger partial charge in [-0.25, -0.2) is 9.67 Å². The van der Waals surface area contributed by atoms with Crippen molar-refractivity contribution in [2.45, 2.75) is 19.4 Å². The second-order valence-corrected chi connectivity index (χ2v) is 7.72. The van der Waals surface area contributed by atoms with Gasteiger partial charge in [-0.2, -0.15) is 5.10 Å². The fourth-order valence-corrected chi connectivity index (χ4v) is 4.25. The van der Waals surface area contributed by atoms with Gasteiger partial charge in [0, 0.05) is 20.1 Å². The summed E-state index contributed by atoms with van der Waals surface area (Å²) in [6, 6.07) is 18.4. The Bertz CT molecular complexity index is 1020. The lowest BCUT2D eigenvalue weighted by atomic mass is 9.78.